The van der Waals surface area contributed by atoms with E-state index >= 15 is 0 Å². The van der Waals surface area contributed by atoms with Crippen molar-refractivity contribution >= 4 is 11.7 Å². The first-order valence-electron chi connectivity index (χ1n) is 20.7. The second-order valence-electron chi connectivity index (χ2n) is 14.4. The number of hydrogen-bond acceptors (Lipinski definition) is 4. The molecule has 0 bridgehead atoms. The molecule has 46 heavy (non-hydrogen) atoms. The van der Waals surface area contributed by atoms with Crippen LogP contribution in [-0.2, 0) is 9.59 Å². The van der Waals surface area contributed by atoms with Crippen LogP contribution in [-0.4, -0.2) is 40.7 Å². The summed E-state index contributed by atoms with van der Waals surface area (Å²) in [5, 5.41) is 22.8. The lowest BCUT2D eigenvalue weighted by atomic mass is 10.0. The lowest BCUT2D eigenvalue weighted by Gasteiger charge is -2.21. The van der Waals surface area contributed by atoms with Gasteiger partial charge in [0.05, 0.1) is 12.6 Å². The summed E-state index contributed by atoms with van der Waals surface area (Å²) >= 11 is 0. The van der Waals surface area contributed by atoms with E-state index in [0.717, 1.165) is 38.5 Å². The largest absolute Gasteiger partial charge is 0.394 e. The fraction of sp³-hybridized carbons (Fsp3) is 0.951. The maximum absolute atomic E-state index is 12.5. The summed E-state index contributed by atoms with van der Waals surface area (Å²) in [7, 11) is 0. The third-order valence-electron chi connectivity index (χ3n) is 9.79. The van der Waals surface area contributed by atoms with Crippen molar-refractivity contribution in [2.75, 3.05) is 6.61 Å². The van der Waals surface area contributed by atoms with E-state index in [9.17, 15) is 19.8 Å². The number of carbonyl (C=O) groups excluding carboxylic acids is 2. The van der Waals surface area contributed by atoms with E-state index in [1.165, 1.54) is 167 Å². The molecule has 0 aliphatic rings. The Morgan fingerprint density at radius 3 is 0.978 bits per heavy atom. The van der Waals surface area contributed by atoms with Crippen LogP contribution in [0.15, 0.2) is 0 Å². The minimum Gasteiger partial charge on any atom is -0.394 e. The molecule has 274 valence electrons. The lowest BCUT2D eigenvalue weighted by Crippen LogP contribution is -2.49. The Labute approximate surface area is 287 Å². The van der Waals surface area contributed by atoms with E-state index < -0.39 is 18.8 Å². The first kappa shape index (κ1) is 45.1. The molecule has 2 atom stereocenters. The molecular weight excluding hydrogens is 570 g/mol. The Kier molecular flexibility index (Phi) is 36.1. The molecule has 3 N–H and O–H groups in total. The monoisotopic (exact) mass is 652 g/mol. The third-order valence-corrected chi connectivity index (χ3v) is 9.79. The Hall–Kier alpha value is -0.940. The first-order valence-corrected chi connectivity index (χ1v) is 20.7. The van der Waals surface area contributed by atoms with Gasteiger partial charge in [-0.05, 0) is 12.8 Å². The minimum absolute atomic E-state index is 0.182. The number of unbranched alkanes of at least 4 members (excludes halogenated alkanes) is 30. The number of hydrogen-bond donors (Lipinski definition) is 3. The molecule has 0 spiro atoms. The second-order valence-corrected chi connectivity index (χ2v) is 14.4. The van der Waals surface area contributed by atoms with Crippen molar-refractivity contribution in [2.45, 2.75) is 244 Å². The van der Waals surface area contributed by atoms with Crippen molar-refractivity contribution in [1.29, 1.82) is 0 Å². The van der Waals surface area contributed by atoms with Gasteiger partial charge in [-0.2, -0.15) is 0 Å². The average molecular weight is 652 g/mol. The highest BCUT2D eigenvalue weighted by molar-refractivity contribution is 5.85. The molecule has 0 saturated heterocycles. The van der Waals surface area contributed by atoms with E-state index in [1.54, 1.807) is 0 Å². The zero-order valence-electron chi connectivity index (χ0n) is 31.1. The molecule has 0 fully saturated rings. The van der Waals surface area contributed by atoms with Crippen LogP contribution in [0.3, 0.4) is 0 Å². The molecule has 5 nitrogen and oxygen atoms in total. The highest BCUT2D eigenvalue weighted by Crippen LogP contribution is 2.16. The molecule has 0 aromatic heterocycles. The Morgan fingerprint density at radius 1 is 0.435 bits per heavy atom. The Balaban J connectivity index is 3.60. The van der Waals surface area contributed by atoms with Gasteiger partial charge in [0.1, 0.15) is 6.10 Å². The zero-order valence-corrected chi connectivity index (χ0v) is 31.1. The summed E-state index contributed by atoms with van der Waals surface area (Å²) in [4.78, 5) is 24.8. The molecule has 0 aliphatic heterocycles. The first-order chi connectivity index (χ1) is 22.6. The molecule has 0 aromatic carbocycles. The fourth-order valence-corrected chi connectivity index (χ4v) is 6.56. The van der Waals surface area contributed by atoms with Gasteiger partial charge < -0.3 is 15.5 Å². The summed E-state index contributed by atoms with van der Waals surface area (Å²) in [6.07, 6.45) is 40.6. The van der Waals surface area contributed by atoms with Crippen LogP contribution in [0.4, 0.5) is 0 Å². The molecule has 0 radical (unpaired) electrons. The van der Waals surface area contributed by atoms with Crippen LogP contribution in [0.5, 0.6) is 0 Å². The van der Waals surface area contributed by atoms with E-state index in [1.807, 2.05) is 0 Å². The van der Waals surface area contributed by atoms with Crippen LogP contribution in [0.2, 0.25) is 0 Å². The normalized spacial score (nSPS) is 12.8. The van der Waals surface area contributed by atoms with Crippen LogP contribution in [0.1, 0.15) is 232 Å². The summed E-state index contributed by atoms with van der Waals surface area (Å²) < 4.78 is 0. The van der Waals surface area contributed by atoms with Gasteiger partial charge in [-0.15, -0.1) is 0 Å². The summed E-state index contributed by atoms with van der Waals surface area (Å²) in [6, 6.07) is -0.901. The van der Waals surface area contributed by atoms with Crippen molar-refractivity contribution in [3.63, 3.8) is 0 Å². The van der Waals surface area contributed by atoms with Crippen LogP contribution in [0.25, 0.3) is 0 Å². The lowest BCUT2D eigenvalue weighted by molar-refractivity contribution is -0.131. The maximum atomic E-state index is 12.5. The van der Waals surface area contributed by atoms with Crippen LogP contribution in [0, 0.1) is 0 Å². The van der Waals surface area contributed by atoms with Gasteiger partial charge in [0.15, 0.2) is 5.78 Å². The van der Waals surface area contributed by atoms with Crippen molar-refractivity contribution in [3.8, 4) is 0 Å². The number of nitrogens with one attached hydrogen (secondary N) is 1. The molecule has 0 unspecified atom stereocenters. The van der Waals surface area contributed by atoms with Crippen molar-refractivity contribution < 1.29 is 19.8 Å². The molecule has 0 saturated carbocycles. The van der Waals surface area contributed by atoms with Gasteiger partial charge in [-0.3, -0.25) is 9.59 Å². The van der Waals surface area contributed by atoms with Gasteiger partial charge in [0, 0.05) is 12.8 Å². The quantitative estimate of drug-likeness (QED) is 0.0580. The van der Waals surface area contributed by atoms with E-state index in [4.69, 9.17) is 0 Å². The van der Waals surface area contributed by atoms with Gasteiger partial charge in [0.25, 0.3) is 0 Å². The Bertz CT molecular complexity index is 640. The maximum Gasteiger partial charge on any atom is 0.220 e. The van der Waals surface area contributed by atoms with E-state index in [2.05, 4.69) is 19.2 Å². The number of aliphatic hydroxyl groups is 2. The van der Waals surface area contributed by atoms with E-state index in [-0.39, 0.29) is 11.7 Å². The fourth-order valence-electron chi connectivity index (χ4n) is 6.56. The van der Waals surface area contributed by atoms with Gasteiger partial charge in [-0.1, -0.05) is 206 Å². The number of carbonyl (C=O) groups is 2. The number of rotatable bonds is 38. The highest BCUT2D eigenvalue weighted by Gasteiger charge is 2.26. The van der Waals surface area contributed by atoms with E-state index in [0.29, 0.717) is 12.8 Å². The average Bonchev–Trinajstić information content (AvgIpc) is 3.06. The molecule has 0 rings (SSSR count). The minimum atomic E-state index is -1.32. The zero-order chi connectivity index (χ0) is 33.8. The summed E-state index contributed by atoms with van der Waals surface area (Å²) in [5.74, 6) is -0.454. The van der Waals surface area contributed by atoms with Crippen LogP contribution >= 0.6 is 0 Å². The SMILES string of the molecule is CCCCCCCCCCCCCCCCCCCCCC(=O)N[C@H](CO)[C@@H](O)C(=O)CCCCCCCCCCCCCCC. The number of amides is 1. The highest BCUT2D eigenvalue weighted by atomic mass is 16.3. The van der Waals surface area contributed by atoms with Crippen LogP contribution < -0.4 is 5.32 Å². The number of aliphatic hydroxyl groups excluding tert-OH is 2. The van der Waals surface area contributed by atoms with Gasteiger partial charge >= 0.3 is 0 Å². The molecule has 0 aliphatic carbocycles. The predicted octanol–water partition coefficient (Wildman–Crippen LogP) is 11.7. The summed E-state index contributed by atoms with van der Waals surface area (Å²) in [5.41, 5.74) is 0. The van der Waals surface area contributed by atoms with Gasteiger partial charge in [-0.25, -0.2) is 0 Å². The molecule has 5 heteroatoms. The second kappa shape index (κ2) is 36.9. The summed E-state index contributed by atoms with van der Waals surface area (Å²) in [6.45, 7) is 4.12. The van der Waals surface area contributed by atoms with Gasteiger partial charge in [0.2, 0.25) is 5.91 Å². The topological polar surface area (TPSA) is 86.6 Å². The van der Waals surface area contributed by atoms with Crippen molar-refractivity contribution in [1.82, 2.24) is 5.32 Å². The Morgan fingerprint density at radius 2 is 0.696 bits per heavy atom. The van der Waals surface area contributed by atoms with Crippen molar-refractivity contribution in [3.05, 3.63) is 0 Å². The number of ketones is 1. The smallest absolute Gasteiger partial charge is 0.220 e. The number of Topliss-reactive ketones (excluding diaryl/α,β-unsaturated/α-hetero) is 1. The molecule has 0 heterocycles. The molecule has 1 amide bonds. The van der Waals surface area contributed by atoms with Crippen molar-refractivity contribution in [2.24, 2.45) is 0 Å². The molecule has 0 aromatic rings. The standard InChI is InChI=1S/C41H81NO4/c1-3-5-7-9-11-13-15-17-18-19-20-21-22-24-26-28-30-32-34-36-40(45)42-38(37-43)41(46)39(44)35-33-31-29-27-25-23-16-14-12-10-8-6-4-2/h38,41,43,46H,3-37H2,1-2H3,(H,42,45)/t38-,41-/m1/s1. The molecular formula is C41H81NO4. The third kappa shape index (κ3) is 31.6. The predicted molar refractivity (Wildman–Crippen MR) is 198 cm³/mol.